The molecule has 2 unspecified atom stereocenters. The Bertz CT molecular complexity index is 1220. The van der Waals surface area contributed by atoms with Gasteiger partial charge in [-0.3, -0.25) is 19.9 Å². The third-order valence-corrected chi connectivity index (χ3v) is 7.58. The Balaban J connectivity index is 1.68. The van der Waals surface area contributed by atoms with Crippen molar-refractivity contribution in [3.8, 4) is 0 Å². The molecule has 10 heteroatoms. The molecule has 3 atom stereocenters. The normalized spacial score (nSPS) is 18.3. The Morgan fingerprint density at radius 3 is 2.39 bits per heavy atom. The zero-order chi connectivity index (χ0) is 30.2. The third kappa shape index (κ3) is 8.22. The fraction of sp³-hybridized carbons (Fsp3) is 0.484. The molecule has 1 saturated heterocycles. The van der Waals surface area contributed by atoms with E-state index in [0.29, 0.717) is 30.8 Å². The van der Waals surface area contributed by atoms with Crippen LogP contribution in [0.4, 0.5) is 4.79 Å². The van der Waals surface area contributed by atoms with Gasteiger partial charge in [-0.2, -0.15) is 0 Å². The fourth-order valence-corrected chi connectivity index (χ4v) is 5.50. The number of halogens is 1. The van der Waals surface area contributed by atoms with Crippen LogP contribution in [0.5, 0.6) is 0 Å². The smallest absolute Gasteiger partial charge is 0.407 e. The first-order chi connectivity index (χ1) is 19.5. The van der Waals surface area contributed by atoms with Gasteiger partial charge in [0.2, 0.25) is 5.91 Å². The molecular formula is C31H42ClN5O4. The monoisotopic (exact) mass is 583 g/mol. The maximum absolute atomic E-state index is 13.8. The molecule has 0 aromatic heterocycles. The van der Waals surface area contributed by atoms with Crippen molar-refractivity contribution in [1.82, 2.24) is 20.9 Å². The lowest BCUT2D eigenvalue weighted by Gasteiger charge is -2.29. The summed E-state index contributed by atoms with van der Waals surface area (Å²) in [5, 5.41) is 18.0. The van der Waals surface area contributed by atoms with Gasteiger partial charge in [0.05, 0.1) is 7.11 Å². The van der Waals surface area contributed by atoms with E-state index in [1.165, 1.54) is 12.0 Å². The summed E-state index contributed by atoms with van der Waals surface area (Å²) in [6, 6.07) is 15.6. The predicted octanol–water partition coefficient (Wildman–Crippen LogP) is 4.84. The van der Waals surface area contributed by atoms with Crippen LogP contribution in [-0.2, 0) is 26.3 Å². The minimum Gasteiger partial charge on any atom is -0.453 e. The van der Waals surface area contributed by atoms with Gasteiger partial charge >= 0.3 is 6.09 Å². The summed E-state index contributed by atoms with van der Waals surface area (Å²) in [6.45, 7) is 8.51. The standard InChI is InChI=1S/C31H42ClN5O4/c1-20(2)19-31(23-12-7-6-8-13-23)28(39)37(29(33)36-31)16-10-15-25(21(3)4)34-27(38)26(35-30(40)41-5)18-22-11-9-14-24(32)17-22/h6-9,11-14,17,20-21,25-26H,10,15-16,18-19H2,1-5H3,(H2,33,36)(H,34,38)(H,35,40)/t25?,26-,31?/m0/s1. The molecule has 0 radical (unpaired) electrons. The van der Waals surface area contributed by atoms with Gasteiger partial charge < -0.3 is 20.7 Å². The number of hydrogen-bond donors (Lipinski definition) is 4. The first-order valence-corrected chi connectivity index (χ1v) is 14.5. The van der Waals surface area contributed by atoms with Gasteiger partial charge in [-0.25, -0.2) is 4.79 Å². The van der Waals surface area contributed by atoms with Gasteiger partial charge in [0, 0.05) is 24.0 Å². The topological polar surface area (TPSA) is 124 Å². The molecule has 1 fully saturated rings. The van der Waals surface area contributed by atoms with Gasteiger partial charge in [-0.15, -0.1) is 0 Å². The van der Waals surface area contributed by atoms with Crippen molar-refractivity contribution in [3.63, 3.8) is 0 Å². The number of amides is 3. The number of guanidine groups is 1. The van der Waals surface area contributed by atoms with Gasteiger partial charge in [0.25, 0.3) is 5.91 Å². The van der Waals surface area contributed by atoms with E-state index in [9.17, 15) is 14.4 Å². The molecule has 1 aliphatic rings. The molecule has 222 valence electrons. The fourth-order valence-electron chi connectivity index (χ4n) is 5.29. The van der Waals surface area contributed by atoms with E-state index in [1.54, 1.807) is 18.2 Å². The maximum atomic E-state index is 13.8. The number of ether oxygens (including phenoxy) is 1. The Labute approximate surface area is 247 Å². The Morgan fingerprint density at radius 2 is 1.78 bits per heavy atom. The van der Waals surface area contributed by atoms with E-state index >= 15 is 0 Å². The molecule has 4 N–H and O–H groups in total. The minimum atomic E-state index is -0.967. The van der Waals surface area contributed by atoms with E-state index < -0.39 is 17.7 Å². The highest BCUT2D eigenvalue weighted by Crippen LogP contribution is 2.35. The summed E-state index contributed by atoms with van der Waals surface area (Å²) < 4.78 is 4.74. The zero-order valence-corrected chi connectivity index (χ0v) is 25.3. The van der Waals surface area contributed by atoms with Crippen molar-refractivity contribution >= 4 is 35.5 Å². The molecule has 9 nitrogen and oxygen atoms in total. The van der Waals surface area contributed by atoms with Crippen LogP contribution in [0.2, 0.25) is 5.02 Å². The second kappa shape index (κ2) is 14.3. The quantitative estimate of drug-likeness (QED) is 0.269. The molecule has 3 amide bonds. The lowest BCUT2D eigenvalue weighted by molar-refractivity contribution is -0.132. The molecule has 0 saturated carbocycles. The Kier molecular flexibility index (Phi) is 11.2. The lowest BCUT2D eigenvalue weighted by atomic mass is 9.82. The SMILES string of the molecule is COC(=O)N[C@@H](Cc1cccc(Cl)c1)C(=O)NC(CCCN1C(=N)NC(CC(C)C)(c2ccccc2)C1=O)C(C)C. The van der Waals surface area contributed by atoms with Crippen molar-refractivity contribution in [2.45, 2.75) is 71.0 Å². The minimum absolute atomic E-state index is 0.0912. The molecular weight excluding hydrogens is 542 g/mol. The number of benzene rings is 2. The number of methoxy groups -OCH3 is 1. The van der Waals surface area contributed by atoms with Crippen LogP contribution in [-0.4, -0.2) is 54.5 Å². The van der Waals surface area contributed by atoms with Gasteiger partial charge in [-0.1, -0.05) is 81.8 Å². The van der Waals surface area contributed by atoms with E-state index in [0.717, 1.165) is 11.1 Å². The second-order valence-corrected chi connectivity index (χ2v) is 11.8. The molecule has 1 heterocycles. The summed E-state index contributed by atoms with van der Waals surface area (Å²) in [5.74, 6) is -0.0378. The highest BCUT2D eigenvalue weighted by atomic mass is 35.5. The summed E-state index contributed by atoms with van der Waals surface area (Å²) in [4.78, 5) is 40.6. The van der Waals surface area contributed by atoms with Crippen LogP contribution in [0.25, 0.3) is 0 Å². The average molecular weight is 584 g/mol. The predicted molar refractivity (Wildman–Crippen MR) is 161 cm³/mol. The van der Waals surface area contributed by atoms with E-state index in [2.05, 4.69) is 29.8 Å². The zero-order valence-electron chi connectivity index (χ0n) is 24.5. The summed E-state index contributed by atoms with van der Waals surface area (Å²) in [7, 11) is 1.25. The first-order valence-electron chi connectivity index (χ1n) is 14.1. The number of hydrogen-bond acceptors (Lipinski definition) is 5. The summed E-state index contributed by atoms with van der Waals surface area (Å²) >= 11 is 6.12. The summed E-state index contributed by atoms with van der Waals surface area (Å²) in [5.41, 5.74) is 0.685. The lowest BCUT2D eigenvalue weighted by Crippen LogP contribution is -2.52. The van der Waals surface area contributed by atoms with Crippen molar-refractivity contribution in [3.05, 3.63) is 70.7 Å². The number of carbonyl (C=O) groups is 3. The molecule has 0 spiro atoms. The largest absolute Gasteiger partial charge is 0.453 e. The highest BCUT2D eigenvalue weighted by molar-refractivity contribution is 6.30. The van der Waals surface area contributed by atoms with Crippen molar-refractivity contribution < 1.29 is 19.1 Å². The van der Waals surface area contributed by atoms with Crippen molar-refractivity contribution in [2.75, 3.05) is 13.7 Å². The van der Waals surface area contributed by atoms with Crippen LogP contribution < -0.4 is 16.0 Å². The van der Waals surface area contributed by atoms with E-state index in [1.807, 2.05) is 50.2 Å². The van der Waals surface area contributed by atoms with Gasteiger partial charge in [0.1, 0.15) is 11.6 Å². The molecule has 2 aromatic carbocycles. The number of rotatable bonds is 13. The first kappa shape index (κ1) is 31.9. The average Bonchev–Trinajstić information content (AvgIpc) is 3.16. The van der Waals surface area contributed by atoms with Crippen LogP contribution in [0, 0.1) is 17.2 Å². The third-order valence-electron chi connectivity index (χ3n) is 7.35. The van der Waals surface area contributed by atoms with Crippen LogP contribution in [0.3, 0.4) is 0 Å². The maximum Gasteiger partial charge on any atom is 0.407 e. The van der Waals surface area contributed by atoms with Crippen LogP contribution in [0.1, 0.15) is 58.1 Å². The second-order valence-electron chi connectivity index (χ2n) is 11.3. The van der Waals surface area contributed by atoms with Crippen molar-refractivity contribution in [1.29, 1.82) is 5.41 Å². The van der Waals surface area contributed by atoms with Crippen molar-refractivity contribution in [2.24, 2.45) is 11.8 Å². The number of carbonyl (C=O) groups excluding carboxylic acids is 3. The Hall–Kier alpha value is -3.59. The number of alkyl carbamates (subject to hydrolysis) is 1. The molecule has 0 aliphatic carbocycles. The number of nitrogens with one attached hydrogen (secondary N) is 4. The van der Waals surface area contributed by atoms with Gasteiger partial charge in [0.15, 0.2) is 5.96 Å². The molecule has 41 heavy (non-hydrogen) atoms. The molecule has 1 aliphatic heterocycles. The van der Waals surface area contributed by atoms with E-state index in [4.69, 9.17) is 21.7 Å². The van der Waals surface area contributed by atoms with E-state index in [-0.39, 0.29) is 42.1 Å². The Morgan fingerprint density at radius 1 is 1.07 bits per heavy atom. The molecule has 3 rings (SSSR count). The molecule has 0 bridgehead atoms. The molecule has 2 aromatic rings. The summed E-state index contributed by atoms with van der Waals surface area (Å²) in [6.07, 6.45) is 1.28. The van der Waals surface area contributed by atoms with Crippen LogP contribution >= 0.6 is 11.6 Å². The highest BCUT2D eigenvalue weighted by Gasteiger charge is 2.50. The van der Waals surface area contributed by atoms with Gasteiger partial charge in [-0.05, 0) is 54.4 Å². The number of nitrogens with zero attached hydrogens (tertiary/aromatic N) is 1. The van der Waals surface area contributed by atoms with Crippen LogP contribution in [0.15, 0.2) is 54.6 Å².